The van der Waals surface area contributed by atoms with Crippen LogP contribution in [0.25, 0.3) is 0 Å². The number of hydrogen-bond acceptors (Lipinski definition) is 3. The van der Waals surface area contributed by atoms with E-state index in [9.17, 15) is 0 Å². The van der Waals surface area contributed by atoms with E-state index in [2.05, 4.69) is 17.2 Å². The first-order valence-electron chi connectivity index (χ1n) is 7.42. The third-order valence-electron chi connectivity index (χ3n) is 4.90. The topological polar surface area (TPSA) is 56.7 Å². The molecule has 4 atom stereocenters. The van der Waals surface area contributed by atoms with Gasteiger partial charge in [0.1, 0.15) is 0 Å². The van der Waals surface area contributed by atoms with E-state index < -0.39 is 0 Å². The maximum absolute atomic E-state index is 6.38. The lowest BCUT2D eigenvalue weighted by Crippen LogP contribution is -2.22. The number of fused-ring (bicyclic) bond motifs is 2. The summed E-state index contributed by atoms with van der Waals surface area (Å²) in [6.45, 7) is 3.09. The molecule has 2 N–H and O–H groups in total. The van der Waals surface area contributed by atoms with Gasteiger partial charge in [-0.25, -0.2) is 4.68 Å². The fourth-order valence-corrected chi connectivity index (χ4v) is 4.05. The number of nitrogens with zero attached hydrogens (tertiary/aromatic N) is 3. The molecule has 2 fully saturated rings. The van der Waals surface area contributed by atoms with Gasteiger partial charge in [-0.1, -0.05) is 18.6 Å². The van der Waals surface area contributed by atoms with Gasteiger partial charge in [-0.3, -0.25) is 0 Å². The Hall–Kier alpha value is -0.900. The van der Waals surface area contributed by atoms with Gasteiger partial charge in [0.05, 0.1) is 11.9 Å². The van der Waals surface area contributed by atoms with E-state index in [0.717, 1.165) is 42.8 Å². The Morgan fingerprint density at radius 1 is 1.44 bits per heavy atom. The van der Waals surface area contributed by atoms with Gasteiger partial charge in [0.15, 0.2) is 0 Å². The molecule has 0 amide bonds. The Kier molecular flexibility index (Phi) is 3.37. The normalized spacial score (nSPS) is 32.0. The van der Waals surface area contributed by atoms with Crippen molar-refractivity contribution in [2.75, 3.05) is 0 Å². The monoisotopic (exact) mass is 248 g/mol. The SMILES string of the molecule is CCCn1nncc1C(N)CC1CC2CCC1C2. The summed E-state index contributed by atoms with van der Waals surface area (Å²) in [5.41, 5.74) is 7.51. The third-order valence-corrected chi connectivity index (χ3v) is 4.90. The quantitative estimate of drug-likeness (QED) is 0.871. The van der Waals surface area contributed by atoms with Gasteiger partial charge in [-0.05, 0) is 49.9 Å². The van der Waals surface area contributed by atoms with E-state index >= 15 is 0 Å². The van der Waals surface area contributed by atoms with Crippen molar-refractivity contribution in [3.05, 3.63) is 11.9 Å². The highest BCUT2D eigenvalue weighted by atomic mass is 15.4. The highest BCUT2D eigenvalue weighted by Gasteiger charge is 2.40. The number of hydrogen-bond donors (Lipinski definition) is 1. The highest BCUT2D eigenvalue weighted by Crippen LogP contribution is 2.50. The highest BCUT2D eigenvalue weighted by molar-refractivity contribution is 5.03. The molecule has 0 aliphatic heterocycles. The number of aromatic nitrogens is 3. The summed E-state index contributed by atoms with van der Waals surface area (Å²) in [7, 11) is 0. The van der Waals surface area contributed by atoms with Gasteiger partial charge in [-0.15, -0.1) is 5.10 Å². The number of nitrogens with two attached hydrogens (primary N) is 1. The second-order valence-corrected chi connectivity index (χ2v) is 6.16. The van der Waals surface area contributed by atoms with Crippen LogP contribution < -0.4 is 5.73 Å². The van der Waals surface area contributed by atoms with Crippen LogP contribution in [0.5, 0.6) is 0 Å². The van der Waals surface area contributed by atoms with Crippen LogP contribution in [-0.2, 0) is 6.54 Å². The maximum Gasteiger partial charge on any atom is 0.0754 e. The summed E-state index contributed by atoms with van der Waals surface area (Å²) in [6, 6.07) is 0.121. The molecule has 0 radical (unpaired) electrons. The molecule has 0 saturated heterocycles. The van der Waals surface area contributed by atoms with E-state index in [-0.39, 0.29) is 6.04 Å². The van der Waals surface area contributed by atoms with Crippen LogP contribution in [0.1, 0.15) is 57.2 Å². The molecule has 2 aliphatic rings. The van der Waals surface area contributed by atoms with Gasteiger partial charge in [-0.2, -0.15) is 0 Å². The Balaban J connectivity index is 1.63. The zero-order valence-electron chi connectivity index (χ0n) is 11.3. The zero-order chi connectivity index (χ0) is 12.5. The molecule has 2 bridgehead atoms. The first-order chi connectivity index (χ1) is 8.78. The van der Waals surface area contributed by atoms with Gasteiger partial charge < -0.3 is 5.73 Å². The van der Waals surface area contributed by atoms with Gasteiger partial charge in [0.2, 0.25) is 0 Å². The summed E-state index contributed by atoms with van der Waals surface area (Å²) in [5, 5.41) is 8.15. The van der Waals surface area contributed by atoms with E-state index in [0.29, 0.717) is 0 Å². The predicted octanol–water partition coefficient (Wildman–Crippen LogP) is 2.51. The van der Waals surface area contributed by atoms with Crippen molar-refractivity contribution in [2.45, 2.75) is 58.0 Å². The Morgan fingerprint density at radius 3 is 3.00 bits per heavy atom. The lowest BCUT2D eigenvalue weighted by atomic mass is 9.84. The average Bonchev–Trinajstić information content (AvgIpc) is 3.04. The number of aryl methyl sites for hydroxylation is 1. The first kappa shape index (κ1) is 12.2. The van der Waals surface area contributed by atoms with E-state index in [1.807, 2.05) is 10.9 Å². The van der Waals surface area contributed by atoms with Crippen molar-refractivity contribution in [1.29, 1.82) is 0 Å². The summed E-state index contributed by atoms with van der Waals surface area (Å²) in [5.74, 6) is 2.81. The largest absolute Gasteiger partial charge is 0.323 e. The van der Waals surface area contributed by atoms with Crippen LogP contribution in [0.3, 0.4) is 0 Å². The predicted molar refractivity (Wildman–Crippen MR) is 70.8 cm³/mol. The Labute approximate surface area is 109 Å². The summed E-state index contributed by atoms with van der Waals surface area (Å²) < 4.78 is 1.98. The molecule has 2 saturated carbocycles. The second kappa shape index (κ2) is 5.00. The van der Waals surface area contributed by atoms with Crippen molar-refractivity contribution in [2.24, 2.45) is 23.5 Å². The molecule has 0 aromatic carbocycles. The molecular formula is C14H24N4. The van der Waals surface area contributed by atoms with Gasteiger partial charge in [0.25, 0.3) is 0 Å². The molecule has 1 aromatic heterocycles. The summed E-state index contributed by atoms with van der Waals surface area (Å²) in [4.78, 5) is 0. The molecule has 100 valence electrons. The first-order valence-corrected chi connectivity index (χ1v) is 7.42. The average molecular weight is 248 g/mol. The molecule has 18 heavy (non-hydrogen) atoms. The Morgan fingerprint density at radius 2 is 2.33 bits per heavy atom. The third kappa shape index (κ3) is 2.18. The fourth-order valence-electron chi connectivity index (χ4n) is 4.05. The molecular weight excluding hydrogens is 224 g/mol. The lowest BCUT2D eigenvalue weighted by molar-refractivity contribution is 0.291. The molecule has 1 aromatic rings. The minimum absolute atomic E-state index is 0.121. The summed E-state index contributed by atoms with van der Waals surface area (Å²) in [6.07, 6.45) is 9.83. The van der Waals surface area contributed by atoms with Crippen molar-refractivity contribution < 1.29 is 0 Å². The molecule has 4 unspecified atom stereocenters. The van der Waals surface area contributed by atoms with Gasteiger partial charge >= 0.3 is 0 Å². The molecule has 2 aliphatic carbocycles. The minimum atomic E-state index is 0.121. The smallest absolute Gasteiger partial charge is 0.0754 e. The molecule has 4 nitrogen and oxygen atoms in total. The summed E-state index contributed by atoms with van der Waals surface area (Å²) >= 11 is 0. The van der Waals surface area contributed by atoms with Crippen LogP contribution in [-0.4, -0.2) is 15.0 Å². The minimum Gasteiger partial charge on any atom is -0.323 e. The van der Waals surface area contributed by atoms with E-state index in [1.54, 1.807) is 0 Å². The standard InChI is InChI=1S/C14H24N4/c1-2-5-18-14(9-16-17-18)13(15)8-12-7-10-3-4-11(12)6-10/h9-13H,2-8,15H2,1H3. The van der Waals surface area contributed by atoms with E-state index in [1.165, 1.54) is 25.7 Å². The second-order valence-electron chi connectivity index (χ2n) is 6.16. The van der Waals surface area contributed by atoms with E-state index in [4.69, 9.17) is 5.73 Å². The Bertz CT molecular complexity index is 400. The van der Waals surface area contributed by atoms with Crippen LogP contribution in [0, 0.1) is 17.8 Å². The molecule has 3 rings (SSSR count). The van der Waals surface area contributed by atoms with Crippen molar-refractivity contribution >= 4 is 0 Å². The van der Waals surface area contributed by atoms with Crippen molar-refractivity contribution in [1.82, 2.24) is 15.0 Å². The van der Waals surface area contributed by atoms with Crippen LogP contribution in [0.4, 0.5) is 0 Å². The van der Waals surface area contributed by atoms with Gasteiger partial charge in [0, 0.05) is 12.6 Å². The fraction of sp³-hybridized carbons (Fsp3) is 0.857. The molecule has 0 spiro atoms. The molecule has 4 heteroatoms. The maximum atomic E-state index is 6.38. The van der Waals surface area contributed by atoms with Crippen LogP contribution in [0.2, 0.25) is 0 Å². The van der Waals surface area contributed by atoms with Crippen LogP contribution >= 0.6 is 0 Å². The lowest BCUT2D eigenvalue weighted by Gasteiger charge is -2.24. The molecule has 1 heterocycles. The number of rotatable bonds is 5. The van der Waals surface area contributed by atoms with Crippen molar-refractivity contribution in [3.8, 4) is 0 Å². The van der Waals surface area contributed by atoms with Crippen LogP contribution in [0.15, 0.2) is 6.20 Å². The van der Waals surface area contributed by atoms with Crippen molar-refractivity contribution in [3.63, 3.8) is 0 Å². The zero-order valence-corrected chi connectivity index (χ0v) is 11.3.